The highest BCUT2D eigenvalue weighted by Crippen LogP contribution is 2.49. The molecule has 0 amide bonds. The standard InChI is InChI=1S/C22H27Cl2NO/c1-3-5-9-25(10-6-4-2)22-19-12-16(23)7-8-18(19)21-15(14-26)11-17(24)13-20(21)22/h7-8,11-13,22,26H,3-6,9-10,14H2,1-2H3. The summed E-state index contributed by atoms with van der Waals surface area (Å²) < 4.78 is 0. The van der Waals surface area contributed by atoms with Crippen molar-refractivity contribution in [1.29, 1.82) is 0 Å². The van der Waals surface area contributed by atoms with E-state index in [1.807, 2.05) is 12.1 Å². The van der Waals surface area contributed by atoms with Crippen molar-refractivity contribution in [2.75, 3.05) is 13.1 Å². The second-order valence-corrected chi connectivity index (χ2v) is 7.94. The molecule has 0 saturated carbocycles. The van der Waals surface area contributed by atoms with Crippen LogP contribution in [0.4, 0.5) is 0 Å². The fourth-order valence-corrected chi connectivity index (χ4v) is 4.43. The molecule has 0 heterocycles. The van der Waals surface area contributed by atoms with Crippen LogP contribution in [0.3, 0.4) is 0 Å². The molecule has 0 saturated heterocycles. The van der Waals surface area contributed by atoms with Crippen molar-refractivity contribution in [3.8, 4) is 11.1 Å². The number of aliphatic hydroxyl groups is 1. The predicted molar refractivity (Wildman–Crippen MR) is 111 cm³/mol. The van der Waals surface area contributed by atoms with Gasteiger partial charge in [-0.05, 0) is 78.0 Å². The Bertz CT molecular complexity index is 767. The van der Waals surface area contributed by atoms with Crippen molar-refractivity contribution in [1.82, 2.24) is 4.90 Å². The normalized spacial score (nSPS) is 15.4. The van der Waals surface area contributed by atoms with E-state index in [4.69, 9.17) is 23.2 Å². The molecule has 4 heteroatoms. The molecule has 0 bridgehead atoms. The molecule has 2 nitrogen and oxygen atoms in total. The lowest BCUT2D eigenvalue weighted by Gasteiger charge is -2.31. The molecule has 0 spiro atoms. The maximum atomic E-state index is 9.92. The molecule has 0 aliphatic heterocycles. The molecule has 0 aromatic heterocycles. The number of nitrogens with zero attached hydrogens (tertiary/aromatic N) is 1. The largest absolute Gasteiger partial charge is 0.392 e. The van der Waals surface area contributed by atoms with Gasteiger partial charge in [0.05, 0.1) is 12.6 Å². The first-order valence-electron chi connectivity index (χ1n) is 9.57. The van der Waals surface area contributed by atoms with E-state index in [-0.39, 0.29) is 12.6 Å². The zero-order valence-corrected chi connectivity index (χ0v) is 17.1. The Labute approximate surface area is 166 Å². The third-order valence-corrected chi connectivity index (χ3v) is 5.67. The van der Waals surface area contributed by atoms with Gasteiger partial charge in [-0.15, -0.1) is 0 Å². The van der Waals surface area contributed by atoms with Crippen LogP contribution in [0.5, 0.6) is 0 Å². The highest BCUT2D eigenvalue weighted by molar-refractivity contribution is 6.31. The van der Waals surface area contributed by atoms with E-state index in [0.717, 1.165) is 29.2 Å². The van der Waals surface area contributed by atoms with Gasteiger partial charge in [0.1, 0.15) is 0 Å². The van der Waals surface area contributed by atoms with E-state index in [1.165, 1.54) is 42.4 Å². The third-order valence-electron chi connectivity index (χ3n) is 5.22. The minimum atomic E-state index is -0.0123. The first-order valence-corrected chi connectivity index (χ1v) is 10.3. The molecule has 1 aliphatic carbocycles. The van der Waals surface area contributed by atoms with Gasteiger partial charge in [0, 0.05) is 10.0 Å². The summed E-state index contributed by atoms with van der Waals surface area (Å²) in [6.07, 6.45) is 4.67. The van der Waals surface area contributed by atoms with Gasteiger partial charge in [-0.1, -0.05) is 56.0 Å². The van der Waals surface area contributed by atoms with Crippen molar-refractivity contribution in [2.45, 2.75) is 52.2 Å². The predicted octanol–water partition coefficient (Wildman–Crippen LogP) is 6.46. The number of aliphatic hydroxyl groups excluding tert-OH is 1. The van der Waals surface area contributed by atoms with Crippen molar-refractivity contribution < 1.29 is 5.11 Å². The Kier molecular flexibility index (Phi) is 6.63. The molecule has 140 valence electrons. The summed E-state index contributed by atoms with van der Waals surface area (Å²) in [5.74, 6) is 0. The molecular formula is C22H27Cl2NO. The Morgan fingerprint density at radius 1 is 0.923 bits per heavy atom. The van der Waals surface area contributed by atoms with E-state index in [1.54, 1.807) is 0 Å². The Hall–Kier alpha value is -1.06. The summed E-state index contributed by atoms with van der Waals surface area (Å²) >= 11 is 12.8. The van der Waals surface area contributed by atoms with E-state index >= 15 is 0 Å². The molecule has 1 N–H and O–H groups in total. The maximum Gasteiger partial charge on any atom is 0.0688 e. The van der Waals surface area contributed by atoms with E-state index in [0.29, 0.717) is 5.02 Å². The number of halogens is 2. The second-order valence-electron chi connectivity index (χ2n) is 7.06. The summed E-state index contributed by atoms with van der Waals surface area (Å²) in [7, 11) is 0. The number of hydrogen-bond donors (Lipinski definition) is 1. The Balaban J connectivity index is 2.15. The van der Waals surface area contributed by atoms with Crippen LogP contribution in [-0.4, -0.2) is 23.1 Å². The van der Waals surface area contributed by atoms with Crippen molar-refractivity contribution in [3.63, 3.8) is 0 Å². The van der Waals surface area contributed by atoms with Crippen molar-refractivity contribution in [3.05, 3.63) is 57.1 Å². The summed E-state index contributed by atoms with van der Waals surface area (Å²) in [5, 5.41) is 11.4. The van der Waals surface area contributed by atoms with Gasteiger partial charge in [-0.3, -0.25) is 4.90 Å². The van der Waals surface area contributed by atoms with Gasteiger partial charge in [0.25, 0.3) is 0 Å². The van der Waals surface area contributed by atoms with Crippen molar-refractivity contribution in [2.24, 2.45) is 0 Å². The monoisotopic (exact) mass is 391 g/mol. The molecule has 1 aliphatic rings. The smallest absolute Gasteiger partial charge is 0.0688 e. The first kappa shape index (κ1) is 19.7. The molecule has 26 heavy (non-hydrogen) atoms. The van der Waals surface area contributed by atoms with Gasteiger partial charge in [-0.25, -0.2) is 0 Å². The molecule has 2 aromatic carbocycles. The van der Waals surface area contributed by atoms with Gasteiger partial charge in [-0.2, -0.15) is 0 Å². The van der Waals surface area contributed by atoms with Crippen LogP contribution in [-0.2, 0) is 6.61 Å². The highest BCUT2D eigenvalue weighted by Gasteiger charge is 2.34. The summed E-state index contributed by atoms with van der Waals surface area (Å²) in [6, 6.07) is 10.2. The quantitative estimate of drug-likeness (QED) is 0.557. The van der Waals surface area contributed by atoms with Gasteiger partial charge in [0.15, 0.2) is 0 Å². The lowest BCUT2D eigenvalue weighted by atomic mass is 9.99. The number of fused-ring (bicyclic) bond motifs is 3. The second kappa shape index (κ2) is 8.75. The Morgan fingerprint density at radius 2 is 1.58 bits per heavy atom. The van der Waals surface area contributed by atoms with Gasteiger partial charge >= 0.3 is 0 Å². The van der Waals surface area contributed by atoms with Crippen LogP contribution in [0, 0.1) is 0 Å². The fourth-order valence-electron chi connectivity index (χ4n) is 4.00. The van der Waals surface area contributed by atoms with Crippen LogP contribution in [0.15, 0.2) is 30.3 Å². The Morgan fingerprint density at radius 3 is 2.19 bits per heavy atom. The highest BCUT2D eigenvalue weighted by atomic mass is 35.5. The van der Waals surface area contributed by atoms with Crippen molar-refractivity contribution >= 4 is 23.2 Å². The summed E-state index contributed by atoms with van der Waals surface area (Å²) in [4.78, 5) is 2.56. The minimum absolute atomic E-state index is 0.0123. The first-order chi connectivity index (χ1) is 12.6. The molecule has 3 rings (SSSR count). The zero-order chi connectivity index (χ0) is 18.7. The van der Waals surface area contributed by atoms with E-state index in [9.17, 15) is 5.11 Å². The van der Waals surface area contributed by atoms with Crippen LogP contribution in [0.2, 0.25) is 10.0 Å². The average molecular weight is 392 g/mol. The van der Waals surface area contributed by atoms with Crippen LogP contribution < -0.4 is 0 Å². The molecule has 0 fully saturated rings. The number of hydrogen-bond acceptors (Lipinski definition) is 2. The topological polar surface area (TPSA) is 23.5 Å². The van der Waals surface area contributed by atoms with E-state index < -0.39 is 0 Å². The molecule has 2 aromatic rings. The van der Waals surface area contributed by atoms with Gasteiger partial charge in [0.2, 0.25) is 0 Å². The van der Waals surface area contributed by atoms with Gasteiger partial charge < -0.3 is 5.11 Å². The summed E-state index contributed by atoms with van der Waals surface area (Å²) in [6.45, 7) is 6.54. The minimum Gasteiger partial charge on any atom is -0.392 e. The maximum absolute atomic E-state index is 9.92. The fraction of sp³-hybridized carbons (Fsp3) is 0.455. The molecule has 1 unspecified atom stereocenters. The molecule has 0 radical (unpaired) electrons. The molecular weight excluding hydrogens is 365 g/mol. The molecule has 1 atom stereocenters. The lowest BCUT2D eigenvalue weighted by molar-refractivity contribution is 0.221. The lowest BCUT2D eigenvalue weighted by Crippen LogP contribution is -2.30. The number of rotatable bonds is 8. The van der Waals surface area contributed by atoms with E-state index in [2.05, 4.69) is 36.9 Å². The summed E-state index contributed by atoms with van der Waals surface area (Å²) in [5.41, 5.74) is 5.63. The zero-order valence-electron chi connectivity index (χ0n) is 15.6. The van der Waals surface area contributed by atoms with Crippen LogP contribution in [0.25, 0.3) is 11.1 Å². The van der Waals surface area contributed by atoms with Crippen LogP contribution >= 0.6 is 23.2 Å². The third kappa shape index (κ3) is 3.80. The number of unbranched alkanes of at least 4 members (excludes halogenated alkanes) is 2. The van der Waals surface area contributed by atoms with Crippen LogP contribution in [0.1, 0.15) is 62.3 Å². The number of benzene rings is 2. The SMILES string of the molecule is CCCCN(CCCC)C1c2cc(Cl)ccc2-c2c(CO)cc(Cl)cc21. The average Bonchev–Trinajstić information content (AvgIpc) is 2.94.